The fourth-order valence-electron chi connectivity index (χ4n) is 1.49. The first-order chi connectivity index (χ1) is 7.35. The van der Waals surface area contributed by atoms with Crippen LogP contribution in [0.5, 0.6) is 0 Å². The molecule has 2 nitrogen and oxygen atoms in total. The number of hydrogen-bond acceptors (Lipinski definition) is 3. The van der Waals surface area contributed by atoms with Gasteiger partial charge in [-0.25, -0.2) is 4.98 Å². The molecule has 0 aliphatic rings. The molecular formula is C12H13NOS. The minimum atomic E-state index is 0.0909. The summed E-state index contributed by atoms with van der Waals surface area (Å²) in [6.45, 7) is 2.15. The van der Waals surface area contributed by atoms with E-state index in [1.807, 2.05) is 30.3 Å². The minimum Gasteiger partial charge on any atom is -0.391 e. The topological polar surface area (TPSA) is 33.1 Å². The summed E-state index contributed by atoms with van der Waals surface area (Å²) < 4.78 is 0. The average Bonchev–Trinajstić information content (AvgIpc) is 2.73. The predicted molar refractivity (Wildman–Crippen MR) is 62.9 cm³/mol. The molecule has 15 heavy (non-hydrogen) atoms. The largest absolute Gasteiger partial charge is 0.391 e. The third kappa shape index (κ3) is 2.08. The Labute approximate surface area is 93.2 Å². The SMILES string of the molecule is CCc1nc(-c2ccccc2)sc1CO. The molecule has 0 aliphatic carbocycles. The number of aliphatic hydroxyl groups is 1. The van der Waals surface area contributed by atoms with Crippen LogP contribution in [0.25, 0.3) is 10.6 Å². The smallest absolute Gasteiger partial charge is 0.123 e. The number of aromatic nitrogens is 1. The van der Waals surface area contributed by atoms with Crippen LogP contribution in [0.4, 0.5) is 0 Å². The van der Waals surface area contributed by atoms with Gasteiger partial charge in [-0.1, -0.05) is 37.3 Å². The van der Waals surface area contributed by atoms with Gasteiger partial charge in [0, 0.05) is 5.56 Å². The second-order valence-corrected chi connectivity index (χ2v) is 4.35. The summed E-state index contributed by atoms with van der Waals surface area (Å²) in [6.07, 6.45) is 0.874. The Bertz CT molecular complexity index is 415. The molecule has 78 valence electrons. The lowest BCUT2D eigenvalue weighted by atomic mass is 10.2. The number of hydrogen-bond donors (Lipinski definition) is 1. The molecule has 1 heterocycles. The zero-order chi connectivity index (χ0) is 10.7. The number of aliphatic hydroxyl groups excluding tert-OH is 1. The molecule has 0 amide bonds. The van der Waals surface area contributed by atoms with Gasteiger partial charge in [0.05, 0.1) is 17.2 Å². The van der Waals surface area contributed by atoms with Gasteiger partial charge in [0.25, 0.3) is 0 Å². The number of nitrogens with zero attached hydrogens (tertiary/aromatic N) is 1. The van der Waals surface area contributed by atoms with Crippen molar-refractivity contribution >= 4 is 11.3 Å². The molecule has 3 heteroatoms. The van der Waals surface area contributed by atoms with Gasteiger partial charge in [-0.05, 0) is 6.42 Å². The molecule has 0 atom stereocenters. The summed E-state index contributed by atoms with van der Waals surface area (Å²) in [4.78, 5) is 5.51. The zero-order valence-electron chi connectivity index (χ0n) is 8.60. The van der Waals surface area contributed by atoms with E-state index in [2.05, 4.69) is 11.9 Å². The van der Waals surface area contributed by atoms with Gasteiger partial charge in [0.15, 0.2) is 0 Å². The molecule has 0 saturated carbocycles. The van der Waals surface area contributed by atoms with Crippen molar-refractivity contribution in [1.29, 1.82) is 0 Å². The molecule has 0 spiro atoms. The lowest BCUT2D eigenvalue weighted by Crippen LogP contribution is -1.87. The van der Waals surface area contributed by atoms with E-state index in [-0.39, 0.29) is 6.61 Å². The Morgan fingerprint density at radius 3 is 2.53 bits per heavy atom. The first-order valence-corrected chi connectivity index (χ1v) is 5.81. The molecule has 0 unspecified atom stereocenters. The molecule has 0 fully saturated rings. The van der Waals surface area contributed by atoms with Crippen LogP contribution in [0.1, 0.15) is 17.5 Å². The molecule has 0 aliphatic heterocycles. The minimum absolute atomic E-state index is 0.0909. The van der Waals surface area contributed by atoms with Crippen LogP contribution in [0.15, 0.2) is 30.3 Å². The van der Waals surface area contributed by atoms with Crippen molar-refractivity contribution in [3.8, 4) is 10.6 Å². The summed E-state index contributed by atoms with van der Waals surface area (Å²) in [5.41, 5.74) is 2.14. The maximum atomic E-state index is 9.18. The van der Waals surface area contributed by atoms with Crippen LogP contribution in [-0.4, -0.2) is 10.1 Å². The van der Waals surface area contributed by atoms with E-state index in [4.69, 9.17) is 0 Å². The van der Waals surface area contributed by atoms with E-state index < -0.39 is 0 Å². The Hall–Kier alpha value is -1.19. The molecule has 2 rings (SSSR count). The van der Waals surface area contributed by atoms with E-state index in [0.717, 1.165) is 27.6 Å². The number of benzene rings is 1. The lowest BCUT2D eigenvalue weighted by Gasteiger charge is -1.92. The van der Waals surface area contributed by atoms with Crippen molar-refractivity contribution in [2.75, 3.05) is 0 Å². The molecule has 1 N–H and O–H groups in total. The molecule has 0 radical (unpaired) electrons. The van der Waals surface area contributed by atoms with Gasteiger partial charge in [-0.3, -0.25) is 0 Å². The van der Waals surface area contributed by atoms with Gasteiger partial charge in [-0.2, -0.15) is 0 Å². The summed E-state index contributed by atoms with van der Waals surface area (Å²) in [5.74, 6) is 0. The Kier molecular flexibility index (Phi) is 3.14. The van der Waals surface area contributed by atoms with Gasteiger partial charge in [0.2, 0.25) is 0 Å². The fraction of sp³-hybridized carbons (Fsp3) is 0.250. The Morgan fingerprint density at radius 2 is 2.00 bits per heavy atom. The molecular weight excluding hydrogens is 206 g/mol. The second-order valence-electron chi connectivity index (χ2n) is 3.27. The first-order valence-electron chi connectivity index (χ1n) is 5.00. The Morgan fingerprint density at radius 1 is 1.27 bits per heavy atom. The van der Waals surface area contributed by atoms with Crippen molar-refractivity contribution in [3.05, 3.63) is 40.9 Å². The van der Waals surface area contributed by atoms with Crippen LogP contribution in [0.3, 0.4) is 0 Å². The van der Waals surface area contributed by atoms with Crippen LogP contribution in [-0.2, 0) is 13.0 Å². The zero-order valence-corrected chi connectivity index (χ0v) is 9.42. The normalized spacial score (nSPS) is 10.5. The molecule has 0 saturated heterocycles. The molecule has 0 bridgehead atoms. The van der Waals surface area contributed by atoms with E-state index >= 15 is 0 Å². The van der Waals surface area contributed by atoms with Crippen molar-refractivity contribution in [3.63, 3.8) is 0 Å². The lowest BCUT2D eigenvalue weighted by molar-refractivity contribution is 0.284. The highest BCUT2D eigenvalue weighted by molar-refractivity contribution is 7.15. The highest BCUT2D eigenvalue weighted by atomic mass is 32.1. The number of aryl methyl sites for hydroxylation is 1. The van der Waals surface area contributed by atoms with Crippen LogP contribution in [0.2, 0.25) is 0 Å². The fourth-order valence-corrected chi connectivity index (χ4v) is 2.50. The van der Waals surface area contributed by atoms with Crippen molar-refractivity contribution in [2.24, 2.45) is 0 Å². The van der Waals surface area contributed by atoms with E-state index in [9.17, 15) is 5.11 Å². The van der Waals surface area contributed by atoms with Crippen molar-refractivity contribution in [1.82, 2.24) is 4.98 Å². The summed E-state index contributed by atoms with van der Waals surface area (Å²) in [6, 6.07) is 10.1. The van der Waals surface area contributed by atoms with Gasteiger partial charge < -0.3 is 5.11 Å². The van der Waals surface area contributed by atoms with E-state index in [1.165, 1.54) is 0 Å². The number of rotatable bonds is 3. The van der Waals surface area contributed by atoms with Crippen molar-refractivity contribution in [2.45, 2.75) is 20.0 Å². The molecule has 2 aromatic rings. The maximum Gasteiger partial charge on any atom is 0.123 e. The Balaban J connectivity index is 2.42. The maximum absolute atomic E-state index is 9.18. The van der Waals surface area contributed by atoms with Gasteiger partial charge in [0.1, 0.15) is 5.01 Å². The third-order valence-electron chi connectivity index (χ3n) is 2.28. The monoisotopic (exact) mass is 219 g/mol. The van der Waals surface area contributed by atoms with Crippen LogP contribution >= 0.6 is 11.3 Å². The van der Waals surface area contributed by atoms with Crippen LogP contribution < -0.4 is 0 Å². The number of thiazole rings is 1. The van der Waals surface area contributed by atoms with Crippen molar-refractivity contribution < 1.29 is 5.11 Å². The molecule has 1 aromatic heterocycles. The summed E-state index contributed by atoms with van der Waals surface area (Å²) in [7, 11) is 0. The second kappa shape index (κ2) is 4.55. The van der Waals surface area contributed by atoms with Crippen LogP contribution in [0, 0.1) is 0 Å². The quantitative estimate of drug-likeness (QED) is 0.861. The van der Waals surface area contributed by atoms with Gasteiger partial charge >= 0.3 is 0 Å². The predicted octanol–water partition coefficient (Wildman–Crippen LogP) is 2.86. The van der Waals surface area contributed by atoms with Gasteiger partial charge in [-0.15, -0.1) is 11.3 Å². The summed E-state index contributed by atoms with van der Waals surface area (Å²) >= 11 is 1.58. The highest BCUT2D eigenvalue weighted by Crippen LogP contribution is 2.28. The first kappa shape index (κ1) is 10.3. The standard InChI is InChI=1S/C12H13NOS/c1-2-10-11(8-14)15-12(13-10)9-6-4-3-5-7-9/h3-7,14H,2,8H2,1H3. The average molecular weight is 219 g/mol. The summed E-state index contributed by atoms with van der Waals surface area (Å²) in [5, 5.41) is 10.2. The van der Waals surface area contributed by atoms with E-state index in [0.29, 0.717) is 0 Å². The van der Waals surface area contributed by atoms with E-state index in [1.54, 1.807) is 11.3 Å². The third-order valence-corrected chi connectivity index (χ3v) is 3.41. The highest BCUT2D eigenvalue weighted by Gasteiger charge is 2.09. The molecule has 1 aromatic carbocycles.